The summed E-state index contributed by atoms with van der Waals surface area (Å²) in [5, 5.41) is 0. The predicted octanol–water partition coefficient (Wildman–Crippen LogP) is 2.64. The number of alkyl halides is 3. The van der Waals surface area contributed by atoms with Crippen molar-refractivity contribution >= 4 is 5.91 Å². The van der Waals surface area contributed by atoms with Gasteiger partial charge in [0.1, 0.15) is 11.8 Å². The molecular weight excluding hydrogens is 285 g/mol. The number of halogens is 3. The lowest BCUT2D eigenvalue weighted by Crippen LogP contribution is -2.56. The lowest BCUT2D eigenvalue weighted by molar-refractivity contribution is -0.184. The molecule has 1 amide bonds. The average Bonchev–Trinajstić information content (AvgIpc) is 2.77. The molecule has 7 heteroatoms. The number of piperidine rings is 1. The third-order valence-corrected chi connectivity index (χ3v) is 3.81. The highest BCUT2D eigenvalue weighted by Gasteiger charge is 2.48. The maximum atomic E-state index is 13.1. The third-order valence-electron chi connectivity index (χ3n) is 3.81. The normalized spacial score (nSPS) is 23.4. The first-order valence-electron chi connectivity index (χ1n) is 6.96. The van der Waals surface area contributed by atoms with E-state index in [1.807, 2.05) is 6.92 Å². The number of likely N-dealkylation sites (tertiary alicyclic amines) is 1. The van der Waals surface area contributed by atoms with Crippen LogP contribution in [0.25, 0.3) is 0 Å². The molecule has 2 rings (SSSR count). The Morgan fingerprint density at radius 3 is 2.67 bits per heavy atom. The van der Waals surface area contributed by atoms with E-state index in [4.69, 9.17) is 10.2 Å². The van der Waals surface area contributed by atoms with Crippen LogP contribution in [0.4, 0.5) is 13.2 Å². The molecule has 0 spiro atoms. The zero-order chi connectivity index (χ0) is 15.8. The Morgan fingerprint density at radius 1 is 1.48 bits per heavy atom. The van der Waals surface area contributed by atoms with Crippen LogP contribution in [0.5, 0.6) is 0 Å². The molecule has 1 fully saturated rings. The maximum absolute atomic E-state index is 13.1. The van der Waals surface area contributed by atoms with Crippen LogP contribution in [0.2, 0.25) is 0 Å². The van der Waals surface area contributed by atoms with Gasteiger partial charge in [-0.25, -0.2) is 0 Å². The summed E-state index contributed by atoms with van der Waals surface area (Å²) in [5.41, 5.74) is 6.49. The third kappa shape index (κ3) is 3.23. The van der Waals surface area contributed by atoms with Crippen molar-refractivity contribution in [3.8, 4) is 0 Å². The first kappa shape index (κ1) is 15.9. The number of nitrogens with two attached hydrogens (primary N) is 1. The Labute approximate surface area is 121 Å². The van der Waals surface area contributed by atoms with E-state index < -0.39 is 24.2 Å². The zero-order valence-electron chi connectivity index (χ0n) is 12.0. The van der Waals surface area contributed by atoms with Gasteiger partial charge in [0.25, 0.3) is 5.91 Å². The van der Waals surface area contributed by atoms with Crippen LogP contribution in [0.1, 0.15) is 41.6 Å². The summed E-state index contributed by atoms with van der Waals surface area (Å²) in [6.45, 7) is 3.52. The fourth-order valence-corrected chi connectivity index (χ4v) is 2.68. The molecule has 0 unspecified atom stereocenters. The van der Waals surface area contributed by atoms with Gasteiger partial charge in [0.15, 0.2) is 5.76 Å². The molecule has 0 aromatic carbocycles. The van der Waals surface area contributed by atoms with Crippen LogP contribution in [0.15, 0.2) is 10.5 Å². The van der Waals surface area contributed by atoms with E-state index in [1.54, 1.807) is 6.92 Å². The van der Waals surface area contributed by atoms with E-state index >= 15 is 0 Å². The van der Waals surface area contributed by atoms with Gasteiger partial charge in [0.05, 0.1) is 0 Å². The van der Waals surface area contributed by atoms with Crippen LogP contribution in [-0.4, -0.2) is 35.6 Å². The standard InChI is InChI=1S/C14H19F3N2O2/c1-3-10-8(2)6-11(21-10)13(20)19-7-9(18)4-5-12(19)14(15,16)17/h6,9,12H,3-5,7,18H2,1-2H3/t9-,12-/m1/s1. The molecule has 0 bridgehead atoms. The molecule has 1 saturated heterocycles. The number of hydrogen-bond donors (Lipinski definition) is 1. The molecule has 1 aliphatic rings. The van der Waals surface area contributed by atoms with Crippen molar-refractivity contribution in [1.29, 1.82) is 0 Å². The number of rotatable bonds is 2. The minimum atomic E-state index is -4.45. The Kier molecular flexibility index (Phi) is 4.32. The summed E-state index contributed by atoms with van der Waals surface area (Å²) in [4.78, 5) is 13.2. The molecule has 1 aliphatic heterocycles. The minimum absolute atomic E-state index is 0.0484. The molecular formula is C14H19F3N2O2. The van der Waals surface area contributed by atoms with Crippen LogP contribution in [0.3, 0.4) is 0 Å². The molecule has 2 heterocycles. The highest BCUT2D eigenvalue weighted by atomic mass is 19.4. The van der Waals surface area contributed by atoms with Gasteiger partial charge in [0, 0.05) is 19.0 Å². The van der Waals surface area contributed by atoms with Gasteiger partial charge < -0.3 is 15.1 Å². The summed E-state index contributed by atoms with van der Waals surface area (Å²) in [6.07, 6.45) is -3.78. The lowest BCUT2D eigenvalue weighted by atomic mass is 9.98. The number of hydrogen-bond acceptors (Lipinski definition) is 3. The zero-order valence-corrected chi connectivity index (χ0v) is 12.0. The van der Waals surface area contributed by atoms with Crippen molar-refractivity contribution in [2.24, 2.45) is 5.73 Å². The predicted molar refractivity (Wildman–Crippen MR) is 70.9 cm³/mol. The van der Waals surface area contributed by atoms with E-state index in [9.17, 15) is 18.0 Å². The van der Waals surface area contributed by atoms with E-state index in [0.29, 0.717) is 12.2 Å². The van der Waals surface area contributed by atoms with Crippen molar-refractivity contribution in [2.75, 3.05) is 6.54 Å². The molecule has 0 radical (unpaired) electrons. The second-order valence-corrected chi connectivity index (χ2v) is 5.42. The largest absolute Gasteiger partial charge is 0.456 e. The highest BCUT2D eigenvalue weighted by Crippen LogP contribution is 2.33. The summed E-state index contributed by atoms with van der Waals surface area (Å²) >= 11 is 0. The number of amides is 1. The number of carbonyl (C=O) groups is 1. The summed E-state index contributed by atoms with van der Waals surface area (Å²) < 4.78 is 44.6. The molecule has 21 heavy (non-hydrogen) atoms. The fraction of sp³-hybridized carbons (Fsp3) is 0.643. The van der Waals surface area contributed by atoms with Gasteiger partial charge in [-0.05, 0) is 31.4 Å². The number of nitrogens with zero attached hydrogens (tertiary/aromatic N) is 1. The highest BCUT2D eigenvalue weighted by molar-refractivity contribution is 5.92. The fourth-order valence-electron chi connectivity index (χ4n) is 2.68. The minimum Gasteiger partial charge on any atom is -0.456 e. The van der Waals surface area contributed by atoms with E-state index in [1.165, 1.54) is 6.07 Å². The SMILES string of the molecule is CCc1oc(C(=O)N2C[C@H](N)CC[C@@H]2C(F)(F)F)cc1C. The lowest BCUT2D eigenvalue weighted by Gasteiger charge is -2.38. The first-order chi connectivity index (χ1) is 9.74. The molecule has 0 aliphatic carbocycles. The van der Waals surface area contributed by atoms with Crippen molar-refractivity contribution in [3.63, 3.8) is 0 Å². The second kappa shape index (κ2) is 5.71. The van der Waals surface area contributed by atoms with Crippen LogP contribution in [-0.2, 0) is 6.42 Å². The summed E-state index contributed by atoms with van der Waals surface area (Å²) in [5.74, 6) is -0.175. The molecule has 2 atom stereocenters. The Balaban J connectivity index is 2.28. The van der Waals surface area contributed by atoms with Gasteiger partial charge in [-0.1, -0.05) is 6.92 Å². The summed E-state index contributed by atoms with van der Waals surface area (Å²) in [6, 6.07) is -0.733. The van der Waals surface area contributed by atoms with Gasteiger partial charge in [-0.3, -0.25) is 4.79 Å². The van der Waals surface area contributed by atoms with Crippen LogP contribution in [0, 0.1) is 6.92 Å². The van der Waals surface area contributed by atoms with Crippen molar-refractivity contribution < 1.29 is 22.4 Å². The average molecular weight is 304 g/mol. The van der Waals surface area contributed by atoms with Gasteiger partial charge in [-0.15, -0.1) is 0 Å². The van der Waals surface area contributed by atoms with Crippen molar-refractivity contribution in [2.45, 2.75) is 51.4 Å². The first-order valence-corrected chi connectivity index (χ1v) is 6.96. The molecule has 118 valence electrons. The van der Waals surface area contributed by atoms with Crippen LogP contribution < -0.4 is 5.73 Å². The summed E-state index contributed by atoms with van der Waals surface area (Å²) in [7, 11) is 0. The van der Waals surface area contributed by atoms with Gasteiger partial charge in [0.2, 0.25) is 0 Å². The molecule has 1 aromatic heterocycles. The van der Waals surface area contributed by atoms with E-state index in [2.05, 4.69) is 0 Å². The van der Waals surface area contributed by atoms with E-state index in [-0.39, 0.29) is 25.1 Å². The Bertz CT molecular complexity index is 525. The second-order valence-electron chi connectivity index (χ2n) is 5.42. The van der Waals surface area contributed by atoms with Crippen LogP contribution >= 0.6 is 0 Å². The molecule has 2 N–H and O–H groups in total. The molecule has 0 saturated carbocycles. The Hall–Kier alpha value is -1.50. The number of carbonyl (C=O) groups excluding carboxylic acids is 1. The molecule has 4 nitrogen and oxygen atoms in total. The smallest absolute Gasteiger partial charge is 0.408 e. The topological polar surface area (TPSA) is 59.5 Å². The van der Waals surface area contributed by atoms with E-state index in [0.717, 1.165) is 10.5 Å². The Morgan fingerprint density at radius 2 is 2.14 bits per heavy atom. The number of aryl methyl sites for hydroxylation is 2. The van der Waals surface area contributed by atoms with Gasteiger partial charge >= 0.3 is 6.18 Å². The van der Waals surface area contributed by atoms with Gasteiger partial charge in [-0.2, -0.15) is 13.2 Å². The molecule has 1 aromatic rings. The van der Waals surface area contributed by atoms with Crippen molar-refractivity contribution in [3.05, 3.63) is 23.2 Å². The maximum Gasteiger partial charge on any atom is 0.408 e. The monoisotopic (exact) mass is 304 g/mol. The van der Waals surface area contributed by atoms with Crippen molar-refractivity contribution in [1.82, 2.24) is 4.90 Å². The quantitative estimate of drug-likeness (QED) is 0.913. The number of furan rings is 1.